The summed E-state index contributed by atoms with van der Waals surface area (Å²) in [4.78, 5) is 4.51. The number of aromatic nitrogens is 1. The highest BCUT2D eigenvalue weighted by atomic mass is 35.5. The Morgan fingerprint density at radius 3 is 2.55 bits per heavy atom. The molecule has 0 atom stereocenters. The van der Waals surface area contributed by atoms with Crippen molar-refractivity contribution >= 4 is 29.0 Å². The Kier molecular flexibility index (Phi) is 4.90. The zero-order valence-electron chi connectivity index (χ0n) is 11.9. The van der Waals surface area contributed by atoms with Crippen LogP contribution in [0.2, 0.25) is 10.0 Å². The largest absolute Gasteiger partial charge is 0.372 e. The Morgan fingerprint density at radius 2 is 1.90 bits per heavy atom. The summed E-state index contributed by atoms with van der Waals surface area (Å²) in [6.45, 7) is 4.42. The lowest BCUT2D eigenvalue weighted by atomic mass is 10.00. The van der Waals surface area contributed by atoms with E-state index in [9.17, 15) is 0 Å². The van der Waals surface area contributed by atoms with Gasteiger partial charge in [-0.05, 0) is 30.0 Å². The minimum atomic E-state index is 0.527. The van der Waals surface area contributed by atoms with E-state index in [0.29, 0.717) is 21.8 Å². The standard InChI is InChI=1S/C16H18Cl2N2/c1-10(2)7-11-5-4-6-12(8-11)15-13(17)9-14(18)16(19-3)20-15/h4-6,8-10H,7H2,1-3H3,(H,19,20). The van der Waals surface area contributed by atoms with Crippen molar-refractivity contribution in [2.75, 3.05) is 12.4 Å². The van der Waals surface area contributed by atoms with E-state index in [4.69, 9.17) is 23.2 Å². The number of nitrogens with one attached hydrogen (secondary N) is 1. The monoisotopic (exact) mass is 308 g/mol. The molecule has 0 unspecified atom stereocenters. The number of pyridine rings is 1. The first kappa shape index (κ1) is 15.1. The molecule has 20 heavy (non-hydrogen) atoms. The van der Waals surface area contributed by atoms with Crippen molar-refractivity contribution < 1.29 is 0 Å². The van der Waals surface area contributed by atoms with Crippen LogP contribution >= 0.6 is 23.2 Å². The number of hydrogen-bond donors (Lipinski definition) is 1. The summed E-state index contributed by atoms with van der Waals surface area (Å²) in [7, 11) is 1.79. The van der Waals surface area contributed by atoms with Gasteiger partial charge in [-0.2, -0.15) is 0 Å². The van der Waals surface area contributed by atoms with Gasteiger partial charge in [0.05, 0.1) is 15.7 Å². The number of rotatable bonds is 4. The zero-order chi connectivity index (χ0) is 14.7. The van der Waals surface area contributed by atoms with Gasteiger partial charge in [0.2, 0.25) is 0 Å². The smallest absolute Gasteiger partial charge is 0.145 e. The molecule has 2 aromatic rings. The molecule has 106 valence electrons. The van der Waals surface area contributed by atoms with Gasteiger partial charge in [0.1, 0.15) is 5.82 Å². The molecule has 1 heterocycles. The predicted molar refractivity (Wildman–Crippen MR) is 87.8 cm³/mol. The molecule has 2 rings (SSSR count). The van der Waals surface area contributed by atoms with Crippen LogP contribution in [0.15, 0.2) is 30.3 Å². The van der Waals surface area contributed by atoms with E-state index in [-0.39, 0.29) is 0 Å². The van der Waals surface area contributed by atoms with Gasteiger partial charge in [-0.1, -0.05) is 55.2 Å². The minimum Gasteiger partial charge on any atom is -0.372 e. The van der Waals surface area contributed by atoms with Crippen molar-refractivity contribution in [2.24, 2.45) is 5.92 Å². The number of hydrogen-bond acceptors (Lipinski definition) is 2. The second-order valence-electron chi connectivity index (χ2n) is 5.20. The SMILES string of the molecule is CNc1nc(-c2cccc(CC(C)C)c2)c(Cl)cc1Cl. The van der Waals surface area contributed by atoms with Crippen LogP contribution in [-0.2, 0) is 6.42 Å². The van der Waals surface area contributed by atoms with Crippen LogP contribution in [0.1, 0.15) is 19.4 Å². The van der Waals surface area contributed by atoms with Crippen molar-refractivity contribution in [1.29, 1.82) is 0 Å². The highest BCUT2D eigenvalue weighted by Crippen LogP contribution is 2.32. The predicted octanol–water partition coefficient (Wildman–Crippen LogP) is 5.30. The van der Waals surface area contributed by atoms with E-state index in [1.165, 1.54) is 5.56 Å². The molecular formula is C16H18Cl2N2. The number of halogens is 2. The van der Waals surface area contributed by atoms with E-state index >= 15 is 0 Å². The van der Waals surface area contributed by atoms with Gasteiger partial charge >= 0.3 is 0 Å². The Hall–Kier alpha value is -1.25. The maximum atomic E-state index is 6.28. The number of anilines is 1. The lowest BCUT2D eigenvalue weighted by Gasteiger charge is -2.11. The van der Waals surface area contributed by atoms with E-state index in [1.807, 2.05) is 12.1 Å². The maximum absolute atomic E-state index is 6.28. The van der Waals surface area contributed by atoms with E-state index in [0.717, 1.165) is 17.7 Å². The third-order valence-corrected chi connectivity index (χ3v) is 3.59. The second-order valence-corrected chi connectivity index (χ2v) is 6.01. The first-order valence-electron chi connectivity index (χ1n) is 6.64. The van der Waals surface area contributed by atoms with Crippen LogP contribution in [0, 0.1) is 5.92 Å². The average Bonchev–Trinajstić information content (AvgIpc) is 2.38. The van der Waals surface area contributed by atoms with Crippen LogP contribution in [0.3, 0.4) is 0 Å². The van der Waals surface area contributed by atoms with Crippen LogP contribution in [0.5, 0.6) is 0 Å². The maximum Gasteiger partial charge on any atom is 0.145 e. The highest BCUT2D eigenvalue weighted by molar-refractivity contribution is 6.37. The molecule has 0 spiro atoms. The molecule has 0 bridgehead atoms. The Bertz CT molecular complexity index is 609. The molecule has 4 heteroatoms. The van der Waals surface area contributed by atoms with Gasteiger partial charge < -0.3 is 5.32 Å². The summed E-state index contributed by atoms with van der Waals surface area (Å²) < 4.78 is 0. The van der Waals surface area contributed by atoms with E-state index in [1.54, 1.807) is 13.1 Å². The summed E-state index contributed by atoms with van der Waals surface area (Å²) in [5.74, 6) is 1.26. The Morgan fingerprint density at radius 1 is 1.15 bits per heavy atom. The number of nitrogens with zero attached hydrogens (tertiary/aromatic N) is 1. The summed E-state index contributed by atoms with van der Waals surface area (Å²) in [6, 6.07) is 10.1. The Balaban J connectivity index is 2.45. The summed E-state index contributed by atoms with van der Waals surface area (Å²) in [5.41, 5.74) is 3.06. The quantitative estimate of drug-likeness (QED) is 0.829. The van der Waals surface area contributed by atoms with Crippen molar-refractivity contribution in [1.82, 2.24) is 4.98 Å². The fraction of sp³-hybridized carbons (Fsp3) is 0.312. The normalized spacial score (nSPS) is 10.9. The van der Waals surface area contributed by atoms with E-state index < -0.39 is 0 Å². The van der Waals surface area contributed by atoms with Gasteiger partial charge in [-0.3, -0.25) is 0 Å². The molecule has 2 nitrogen and oxygen atoms in total. The van der Waals surface area contributed by atoms with Gasteiger partial charge in [0.25, 0.3) is 0 Å². The highest BCUT2D eigenvalue weighted by Gasteiger charge is 2.11. The molecule has 0 saturated heterocycles. The summed E-state index contributed by atoms with van der Waals surface area (Å²) in [5, 5.41) is 4.07. The first-order valence-corrected chi connectivity index (χ1v) is 7.40. The third-order valence-electron chi connectivity index (χ3n) is 3.01. The molecule has 0 amide bonds. The van der Waals surface area contributed by atoms with Crippen molar-refractivity contribution in [3.63, 3.8) is 0 Å². The average molecular weight is 309 g/mol. The summed E-state index contributed by atoms with van der Waals surface area (Å²) in [6.07, 6.45) is 1.04. The summed E-state index contributed by atoms with van der Waals surface area (Å²) >= 11 is 12.4. The fourth-order valence-electron chi connectivity index (χ4n) is 2.16. The van der Waals surface area contributed by atoms with Crippen LogP contribution in [0.4, 0.5) is 5.82 Å². The number of benzene rings is 1. The molecule has 0 aliphatic rings. The molecular weight excluding hydrogens is 291 g/mol. The van der Waals surface area contributed by atoms with Crippen LogP contribution < -0.4 is 5.32 Å². The second kappa shape index (κ2) is 6.47. The van der Waals surface area contributed by atoms with Crippen molar-refractivity contribution in [3.05, 3.63) is 45.9 Å². The molecule has 1 aromatic heterocycles. The molecule has 0 aliphatic heterocycles. The van der Waals surface area contributed by atoms with Crippen LogP contribution in [0.25, 0.3) is 11.3 Å². The zero-order valence-corrected chi connectivity index (χ0v) is 13.4. The lowest BCUT2D eigenvalue weighted by Crippen LogP contribution is -1.97. The van der Waals surface area contributed by atoms with Gasteiger partial charge in [-0.15, -0.1) is 0 Å². The molecule has 1 aromatic carbocycles. The van der Waals surface area contributed by atoms with Crippen molar-refractivity contribution in [3.8, 4) is 11.3 Å². The Labute approximate surface area is 130 Å². The van der Waals surface area contributed by atoms with Crippen LogP contribution in [-0.4, -0.2) is 12.0 Å². The third kappa shape index (κ3) is 3.44. The molecule has 0 radical (unpaired) electrons. The minimum absolute atomic E-state index is 0.527. The van der Waals surface area contributed by atoms with Gasteiger partial charge in [-0.25, -0.2) is 4.98 Å². The first-order chi connectivity index (χ1) is 9.51. The molecule has 0 fully saturated rings. The van der Waals surface area contributed by atoms with E-state index in [2.05, 4.69) is 36.3 Å². The van der Waals surface area contributed by atoms with Gasteiger partial charge in [0, 0.05) is 12.6 Å². The fourth-order valence-corrected chi connectivity index (χ4v) is 2.72. The topological polar surface area (TPSA) is 24.9 Å². The van der Waals surface area contributed by atoms with Crippen molar-refractivity contribution in [2.45, 2.75) is 20.3 Å². The van der Waals surface area contributed by atoms with Gasteiger partial charge in [0.15, 0.2) is 0 Å². The molecule has 1 N–H and O–H groups in total. The molecule has 0 aliphatic carbocycles. The lowest BCUT2D eigenvalue weighted by molar-refractivity contribution is 0.647. The molecule has 0 saturated carbocycles.